The van der Waals surface area contributed by atoms with Crippen molar-refractivity contribution in [3.8, 4) is 11.5 Å². The van der Waals surface area contributed by atoms with Gasteiger partial charge in [-0.1, -0.05) is 110 Å². The van der Waals surface area contributed by atoms with Gasteiger partial charge in [0.2, 0.25) is 76.8 Å². The van der Waals surface area contributed by atoms with E-state index in [-0.39, 0.29) is 87.8 Å². The summed E-state index contributed by atoms with van der Waals surface area (Å²) < 4.78 is 0. The molecule has 0 unspecified atom stereocenters. The second-order valence-corrected chi connectivity index (χ2v) is 28.5. The van der Waals surface area contributed by atoms with Crippen LogP contribution in [0.3, 0.4) is 0 Å². The van der Waals surface area contributed by atoms with Crippen molar-refractivity contribution < 1.29 is 97.5 Å². The lowest BCUT2D eigenvalue weighted by Crippen LogP contribution is -2.62. The first-order chi connectivity index (χ1) is 51.4. The quantitative estimate of drug-likeness (QED) is 0.0263. The van der Waals surface area contributed by atoms with Gasteiger partial charge in [0.05, 0.1) is 25.6 Å². The number of nitrogens with two attached hydrogens (primary N) is 2. The van der Waals surface area contributed by atoms with Crippen molar-refractivity contribution in [1.82, 2.24) is 68.7 Å². The Balaban J connectivity index is 1.60. The molecule has 0 aromatic heterocycles. The molecule has 21 N–H and O–H groups in total. The van der Waals surface area contributed by atoms with E-state index in [1.807, 2.05) is 0 Å². The first-order valence-corrected chi connectivity index (χ1v) is 36.4. The molecule has 35 nitrogen and oxygen atoms in total. The molecule has 0 radical (unpaired) electrons. The molecule has 600 valence electrons. The highest BCUT2D eigenvalue weighted by molar-refractivity contribution is 6.00. The molecule has 1 heterocycles. The minimum atomic E-state index is -1.83. The van der Waals surface area contributed by atoms with Crippen LogP contribution in [0.25, 0.3) is 0 Å². The van der Waals surface area contributed by atoms with Crippen LogP contribution in [0.1, 0.15) is 130 Å². The molecule has 3 aromatic carbocycles. The Morgan fingerprint density at radius 3 is 1.33 bits per heavy atom. The van der Waals surface area contributed by atoms with Gasteiger partial charge in [-0.25, -0.2) is 0 Å². The van der Waals surface area contributed by atoms with Crippen molar-refractivity contribution in [3.05, 3.63) is 95.6 Å². The van der Waals surface area contributed by atoms with Gasteiger partial charge < -0.3 is 106 Å². The number of aliphatic hydroxyl groups excluding tert-OH is 1. The van der Waals surface area contributed by atoms with Crippen molar-refractivity contribution in [2.45, 2.75) is 206 Å². The van der Waals surface area contributed by atoms with Crippen molar-refractivity contribution in [2.75, 3.05) is 32.7 Å². The van der Waals surface area contributed by atoms with Crippen LogP contribution in [0, 0.1) is 23.7 Å². The molecule has 13 amide bonds. The van der Waals surface area contributed by atoms with Gasteiger partial charge in [0.15, 0.2) is 0 Å². The molecule has 1 aliphatic heterocycles. The summed E-state index contributed by atoms with van der Waals surface area (Å²) in [4.78, 5) is 207. The molecule has 0 bridgehead atoms. The second-order valence-electron chi connectivity index (χ2n) is 28.5. The number of carbonyl (C=O) groups is 15. The summed E-state index contributed by atoms with van der Waals surface area (Å²) >= 11 is 0. The third-order valence-electron chi connectivity index (χ3n) is 17.6. The zero-order chi connectivity index (χ0) is 81.4. The van der Waals surface area contributed by atoms with E-state index < -0.39 is 199 Å². The van der Waals surface area contributed by atoms with Crippen LogP contribution in [-0.2, 0) is 91.2 Å². The molecule has 0 saturated carbocycles. The SMILES string of the molecule is CC(C)C[C@H](NC(=O)[C@H](CCCCN)NC(=O)[C@@H](NC(=O)[C@H](CC(C)C)NC(=O)[C@@H](NC(=O)[C@H](CC(=O)O)NC(=O)[C@H](Cc1ccc(O)cc1)NC(=O)CN)C(C)C)[C@@H](C)O)C(=O)N[C@@H](Cc1ccc(O)cc1)C(=O)N[C@@H](Cc1ccccc1)C(=O)N[C@H](C(=O)N1CCC[C@H]1C(=O)NCC(=O)NCC(=O)O)C(C)C. The molecule has 3 aromatic rings. The number of carboxylic acid groups (broad SMARTS) is 2. The summed E-state index contributed by atoms with van der Waals surface area (Å²) in [7, 11) is 0. The van der Waals surface area contributed by atoms with E-state index in [9.17, 15) is 92.3 Å². The lowest BCUT2D eigenvalue weighted by Gasteiger charge is -2.32. The summed E-state index contributed by atoms with van der Waals surface area (Å²) in [6, 6.07) is 3.56. The van der Waals surface area contributed by atoms with Crippen LogP contribution in [0.4, 0.5) is 0 Å². The summed E-state index contributed by atoms with van der Waals surface area (Å²) in [5.41, 5.74) is 12.8. The van der Waals surface area contributed by atoms with E-state index in [1.165, 1.54) is 74.2 Å². The van der Waals surface area contributed by atoms with Gasteiger partial charge in [0, 0.05) is 25.8 Å². The fraction of sp³-hybridized carbons (Fsp3) is 0.554. The Bertz CT molecular complexity index is 3600. The number of amides is 13. The number of carboxylic acids is 2. The van der Waals surface area contributed by atoms with E-state index in [0.29, 0.717) is 29.5 Å². The number of nitrogens with zero attached hydrogens (tertiary/aromatic N) is 1. The van der Waals surface area contributed by atoms with Crippen LogP contribution in [-0.4, -0.2) is 224 Å². The highest BCUT2D eigenvalue weighted by atomic mass is 16.4. The Morgan fingerprint density at radius 1 is 0.440 bits per heavy atom. The van der Waals surface area contributed by atoms with Gasteiger partial charge >= 0.3 is 11.9 Å². The minimum absolute atomic E-state index is 0.0595. The lowest BCUT2D eigenvalue weighted by atomic mass is 9.98. The van der Waals surface area contributed by atoms with Crippen LogP contribution in [0.15, 0.2) is 78.9 Å². The number of aliphatic carboxylic acids is 2. The van der Waals surface area contributed by atoms with Gasteiger partial charge in [0.25, 0.3) is 0 Å². The van der Waals surface area contributed by atoms with Gasteiger partial charge in [0.1, 0.15) is 84.5 Å². The lowest BCUT2D eigenvalue weighted by molar-refractivity contribution is -0.143. The number of rotatable bonds is 45. The topological polar surface area (TPSA) is 557 Å². The van der Waals surface area contributed by atoms with E-state index in [4.69, 9.17) is 16.6 Å². The molecular weight excluding hydrogens is 1420 g/mol. The molecule has 1 fully saturated rings. The Kier molecular flexibility index (Phi) is 37.5. The summed E-state index contributed by atoms with van der Waals surface area (Å²) in [6.45, 7) is 13.0. The molecule has 35 heteroatoms. The van der Waals surface area contributed by atoms with E-state index >= 15 is 0 Å². The van der Waals surface area contributed by atoms with Gasteiger partial charge in [-0.15, -0.1) is 0 Å². The maximum atomic E-state index is 15.0. The third kappa shape index (κ3) is 31.1. The smallest absolute Gasteiger partial charge is 0.322 e. The second kappa shape index (κ2) is 45.1. The minimum Gasteiger partial charge on any atom is -0.508 e. The van der Waals surface area contributed by atoms with Crippen LogP contribution in [0.2, 0.25) is 0 Å². The standard InChI is InChI=1S/C74H109N15O20/c1-39(2)30-50(65(100)82-53(34-46-22-26-48(92)27-23-46)67(102)83-54(32-44-16-11-10-12-17-44)69(104)87-62(42(7)8)74(109)89-29-15-19-56(89)71(106)78-37-58(94)77-38-60(97)98)81-64(99)49(18-13-14-28-75)80-73(108)63(43(9)90)88-68(103)51(31-40(3)4)85-72(107)61(41(5)6)86-70(105)55(35-59(95)96)84-66(101)52(79-57(93)36-76)33-45-20-24-47(91)25-21-45/h10-12,16-17,20-27,39-43,49-56,61-63,90-92H,13-15,18-19,28-38,75-76H2,1-9H3,(H,77,94)(H,78,106)(H,79,93)(H,80,108)(H,81,99)(H,82,100)(H,83,102)(H,84,101)(H,85,107)(H,86,105)(H,87,104)(H,88,103)(H,95,96)(H,97,98)/t43-,49+,50+,51+,52+,53+,54+,55+,56+,61+,62+,63+/m1/s1. The number of nitrogens with one attached hydrogen (secondary N) is 12. The highest BCUT2D eigenvalue weighted by Gasteiger charge is 2.42. The van der Waals surface area contributed by atoms with E-state index in [1.54, 1.807) is 71.9 Å². The van der Waals surface area contributed by atoms with Crippen LogP contribution >= 0.6 is 0 Å². The normalized spacial score (nSPS) is 15.7. The van der Waals surface area contributed by atoms with Crippen LogP contribution in [0.5, 0.6) is 11.5 Å². The number of carbonyl (C=O) groups excluding carboxylic acids is 13. The van der Waals surface area contributed by atoms with Crippen molar-refractivity contribution in [1.29, 1.82) is 0 Å². The molecular formula is C74H109N15O20. The molecule has 1 saturated heterocycles. The highest BCUT2D eigenvalue weighted by Crippen LogP contribution is 2.22. The average molecular weight is 1530 g/mol. The Morgan fingerprint density at radius 2 is 0.853 bits per heavy atom. The summed E-state index contributed by atoms with van der Waals surface area (Å²) in [6.07, 6.45) is -2.34. The molecule has 0 aliphatic carbocycles. The molecule has 0 spiro atoms. The van der Waals surface area contributed by atoms with E-state index in [0.717, 1.165) is 0 Å². The van der Waals surface area contributed by atoms with Gasteiger partial charge in [-0.05, 0) is 123 Å². The number of hydrogen-bond acceptors (Lipinski definition) is 20. The van der Waals surface area contributed by atoms with Gasteiger partial charge in [-0.3, -0.25) is 71.9 Å². The maximum Gasteiger partial charge on any atom is 0.322 e. The molecule has 12 atom stereocenters. The van der Waals surface area contributed by atoms with E-state index in [2.05, 4.69) is 63.8 Å². The van der Waals surface area contributed by atoms with Crippen molar-refractivity contribution in [3.63, 3.8) is 0 Å². The predicted molar refractivity (Wildman–Crippen MR) is 396 cm³/mol. The number of aromatic hydroxyl groups is 2. The fourth-order valence-corrected chi connectivity index (χ4v) is 11.8. The average Bonchev–Trinajstić information content (AvgIpc) is 1.78. The zero-order valence-corrected chi connectivity index (χ0v) is 63.0. The monoisotopic (exact) mass is 1530 g/mol. The number of unbranched alkanes of at least 4 members (excludes halogenated alkanes) is 1. The number of likely N-dealkylation sites (tertiary alicyclic amines) is 1. The number of benzene rings is 3. The summed E-state index contributed by atoms with van der Waals surface area (Å²) in [5.74, 6) is -16.7. The number of aliphatic hydroxyl groups is 1. The van der Waals surface area contributed by atoms with Gasteiger partial charge in [-0.2, -0.15) is 0 Å². The molecule has 4 rings (SSSR count). The third-order valence-corrected chi connectivity index (χ3v) is 17.6. The van der Waals surface area contributed by atoms with Crippen LogP contribution < -0.4 is 75.3 Å². The largest absolute Gasteiger partial charge is 0.508 e. The fourth-order valence-electron chi connectivity index (χ4n) is 11.8. The molecule has 109 heavy (non-hydrogen) atoms. The maximum absolute atomic E-state index is 15.0. The first kappa shape index (κ1) is 90.6. The Hall–Kier alpha value is -10.8. The zero-order valence-electron chi connectivity index (χ0n) is 63.0. The number of phenolic OH excluding ortho intramolecular Hbond substituents is 2. The summed E-state index contributed by atoms with van der Waals surface area (Å²) in [5, 5.41) is 80.3. The Labute approximate surface area is 632 Å². The van der Waals surface area contributed by atoms with Crippen molar-refractivity contribution >= 4 is 88.7 Å². The van der Waals surface area contributed by atoms with Crippen molar-refractivity contribution in [2.24, 2.45) is 35.1 Å². The number of phenols is 2. The first-order valence-electron chi connectivity index (χ1n) is 36.4. The molecule has 1 aliphatic rings. The predicted octanol–water partition coefficient (Wildman–Crippen LogP) is -2.37. The number of hydrogen-bond donors (Lipinski definition) is 19.